The number of hydrogen-bond donors (Lipinski definition) is 0. The molecule has 0 aliphatic rings. The molecule has 0 atom stereocenters. The van der Waals surface area contributed by atoms with E-state index in [4.69, 9.17) is 24.1 Å². The van der Waals surface area contributed by atoms with Gasteiger partial charge in [-0.15, -0.1) is 17.7 Å². The van der Waals surface area contributed by atoms with Crippen molar-refractivity contribution < 1.29 is 30.2 Å². The first-order valence-electron chi connectivity index (χ1n) is 21.0. The molecule has 0 N–H and O–H groups in total. The summed E-state index contributed by atoms with van der Waals surface area (Å²) in [4.78, 5) is 15.4. The van der Waals surface area contributed by atoms with Crippen LogP contribution in [0.2, 0.25) is 39.3 Å². The van der Waals surface area contributed by atoms with E-state index < -0.39 is 16.1 Å². The summed E-state index contributed by atoms with van der Waals surface area (Å²) in [5, 5.41) is 4.21. The molecule has 0 bridgehead atoms. The average molecular weight is 1030 g/mol. The van der Waals surface area contributed by atoms with Crippen LogP contribution in [0.4, 0.5) is 0 Å². The number of imidazole rings is 2. The molecular weight excluding hydrogens is 990 g/mol. The van der Waals surface area contributed by atoms with Crippen molar-refractivity contribution in [2.75, 3.05) is 0 Å². The molecular formula is C53H43N5O2PtSi2. The van der Waals surface area contributed by atoms with Crippen molar-refractivity contribution in [2.45, 2.75) is 39.3 Å². The van der Waals surface area contributed by atoms with Gasteiger partial charge in [-0.3, -0.25) is 9.38 Å². The number of fused-ring (bicyclic) bond motifs is 8. The fourth-order valence-corrected chi connectivity index (χ4v) is 11.0. The third-order valence-corrected chi connectivity index (χ3v) is 15.8. The zero-order valence-corrected chi connectivity index (χ0v) is 40.1. The second-order valence-electron chi connectivity index (χ2n) is 18.0. The first-order chi connectivity index (χ1) is 30.0. The molecule has 11 rings (SSSR count). The topological polar surface area (TPSA) is 70.4 Å². The molecule has 7 nitrogen and oxygen atoms in total. The van der Waals surface area contributed by atoms with Crippen molar-refractivity contribution in [2.24, 2.45) is 0 Å². The van der Waals surface area contributed by atoms with Crippen LogP contribution in [0.3, 0.4) is 0 Å². The van der Waals surface area contributed by atoms with Crippen LogP contribution in [0.5, 0.6) is 11.5 Å². The predicted octanol–water partition coefficient (Wildman–Crippen LogP) is 12.6. The number of aromatic nitrogens is 5. The molecule has 0 amide bonds. The van der Waals surface area contributed by atoms with Crippen molar-refractivity contribution in [1.82, 2.24) is 23.9 Å². The van der Waals surface area contributed by atoms with Crippen LogP contribution >= 0.6 is 0 Å². The minimum Gasteiger partial charge on any atom is -0.500 e. The monoisotopic (exact) mass is 1030 g/mol. The summed E-state index contributed by atoms with van der Waals surface area (Å²) in [5.74, 6) is 1.98. The maximum Gasteiger partial charge on any atom is 2.00 e. The van der Waals surface area contributed by atoms with Crippen molar-refractivity contribution >= 4 is 76.2 Å². The Balaban J connectivity index is 0.00000471. The molecule has 5 heterocycles. The average Bonchev–Trinajstić information content (AvgIpc) is 3.97. The Labute approximate surface area is 382 Å². The Kier molecular flexibility index (Phi) is 9.97. The Morgan fingerprint density at radius 2 is 1.38 bits per heavy atom. The second kappa shape index (κ2) is 15.4. The Hall–Kier alpha value is -6.39. The molecule has 0 unspecified atom stereocenters. The molecule has 63 heavy (non-hydrogen) atoms. The van der Waals surface area contributed by atoms with Crippen molar-refractivity contribution in [3.63, 3.8) is 0 Å². The van der Waals surface area contributed by atoms with Gasteiger partial charge in [0, 0.05) is 43.2 Å². The molecule has 0 saturated heterocycles. The molecule has 0 saturated carbocycles. The Morgan fingerprint density at radius 3 is 2.13 bits per heavy atom. The van der Waals surface area contributed by atoms with Crippen LogP contribution in [-0.4, -0.2) is 40.1 Å². The van der Waals surface area contributed by atoms with E-state index in [2.05, 4.69) is 157 Å². The van der Waals surface area contributed by atoms with Gasteiger partial charge < -0.3 is 18.7 Å². The SMILES string of the molecule is C[Si](C)(C)c1ccc(-c2[c-]c(Oc3[c-]c(-c4nc5ccccc5n4-c4ccccc4-c4ccccc4)ccc3[Si](C)(C)C)cc3c2oc2ccn4c5ccccc5nc4c23)nc1.[Pt+2]. The molecule has 0 radical (unpaired) electrons. The van der Waals surface area contributed by atoms with Gasteiger partial charge in [-0.2, -0.15) is 0 Å². The minimum absolute atomic E-state index is 0. The van der Waals surface area contributed by atoms with E-state index in [9.17, 15) is 0 Å². The maximum absolute atomic E-state index is 7.15. The predicted molar refractivity (Wildman–Crippen MR) is 259 cm³/mol. The van der Waals surface area contributed by atoms with Gasteiger partial charge in [-0.25, -0.2) is 4.98 Å². The third kappa shape index (κ3) is 7.05. The van der Waals surface area contributed by atoms with Crippen molar-refractivity contribution in [3.05, 3.63) is 164 Å². The van der Waals surface area contributed by atoms with Gasteiger partial charge in [0.25, 0.3) is 0 Å². The summed E-state index contributed by atoms with van der Waals surface area (Å²) in [7, 11) is -3.60. The van der Waals surface area contributed by atoms with Crippen LogP contribution in [0.1, 0.15) is 0 Å². The standard InChI is InChI=1S/C53H43N5O2Si2.Pt/c1-61(2,3)37-25-26-41(54-33-37)39-31-36(32-40-50-47(60-51(39)40)28-29-57-45-22-14-11-19-42(45)56-53(50)57)59-48-30-35(24-27-49(48)62(4,5)6)52-55-43-20-12-15-23-46(43)58(52)44-21-13-10-18-38(44)34-16-8-7-9-17-34;/h7-29,32-33H,1-6H3;/q-2;+2. The molecule has 6 aromatic carbocycles. The van der Waals surface area contributed by atoms with Crippen molar-refractivity contribution in [3.8, 4) is 51.0 Å². The van der Waals surface area contributed by atoms with Crippen LogP contribution < -0.4 is 15.1 Å². The molecule has 0 spiro atoms. The van der Waals surface area contributed by atoms with Gasteiger partial charge in [0.1, 0.15) is 11.2 Å². The van der Waals surface area contributed by atoms with Gasteiger partial charge >= 0.3 is 21.1 Å². The number of rotatable bonds is 8. The smallest absolute Gasteiger partial charge is 0.500 e. The molecule has 0 fully saturated rings. The quantitative estimate of drug-likeness (QED) is 0.112. The molecule has 11 aromatic rings. The molecule has 5 aromatic heterocycles. The van der Waals surface area contributed by atoms with Crippen molar-refractivity contribution in [1.29, 1.82) is 0 Å². The van der Waals surface area contributed by atoms with E-state index in [1.165, 1.54) is 5.19 Å². The van der Waals surface area contributed by atoms with E-state index in [0.29, 0.717) is 17.1 Å². The molecule has 310 valence electrons. The molecule has 0 aliphatic carbocycles. The van der Waals surface area contributed by atoms with E-state index >= 15 is 0 Å². The summed E-state index contributed by atoms with van der Waals surface area (Å²) in [6.45, 7) is 14.0. The first kappa shape index (κ1) is 40.7. The van der Waals surface area contributed by atoms with E-state index in [0.717, 1.165) is 88.7 Å². The van der Waals surface area contributed by atoms with E-state index in [1.807, 2.05) is 54.9 Å². The summed E-state index contributed by atoms with van der Waals surface area (Å²) >= 11 is 0. The van der Waals surface area contributed by atoms with Crippen LogP contribution in [0.25, 0.3) is 89.1 Å². The second-order valence-corrected chi connectivity index (χ2v) is 28.1. The number of benzene rings is 6. The molecule has 10 heteroatoms. The van der Waals surface area contributed by atoms with Crippen LogP contribution in [-0.2, 0) is 21.1 Å². The third-order valence-electron chi connectivity index (χ3n) is 11.8. The van der Waals surface area contributed by atoms with Crippen LogP contribution in [0, 0.1) is 12.1 Å². The fraction of sp³-hybridized carbons (Fsp3) is 0.113. The van der Waals surface area contributed by atoms with Gasteiger partial charge in [0.2, 0.25) is 0 Å². The van der Waals surface area contributed by atoms with Crippen LogP contribution in [0.15, 0.2) is 156 Å². The molecule has 0 aliphatic heterocycles. The normalized spacial score (nSPS) is 12.2. The zero-order valence-electron chi connectivity index (χ0n) is 35.8. The summed E-state index contributed by atoms with van der Waals surface area (Å²) in [6, 6.07) is 55.7. The Bertz CT molecular complexity index is 3530. The van der Waals surface area contributed by atoms with Gasteiger partial charge in [-0.1, -0.05) is 153 Å². The number of ether oxygens (including phenoxy) is 1. The van der Waals surface area contributed by atoms with Gasteiger partial charge in [-0.05, 0) is 58.2 Å². The minimum atomic E-state index is -2.00. The number of pyridine rings is 2. The van der Waals surface area contributed by atoms with E-state index in [1.54, 1.807) is 0 Å². The van der Waals surface area contributed by atoms with Gasteiger partial charge in [0.15, 0.2) is 0 Å². The fourth-order valence-electron chi connectivity index (χ4n) is 8.58. The van der Waals surface area contributed by atoms with Gasteiger partial charge in [0.05, 0.1) is 46.9 Å². The summed E-state index contributed by atoms with van der Waals surface area (Å²) < 4.78 is 18.3. The number of furan rings is 1. The first-order valence-corrected chi connectivity index (χ1v) is 28.0. The number of nitrogens with zero attached hydrogens (tertiary/aromatic N) is 5. The largest absolute Gasteiger partial charge is 2.00 e. The zero-order chi connectivity index (χ0) is 42.3. The summed E-state index contributed by atoms with van der Waals surface area (Å²) in [5.41, 5.74) is 11.7. The Morgan fingerprint density at radius 1 is 0.667 bits per heavy atom. The summed E-state index contributed by atoms with van der Waals surface area (Å²) in [6.07, 6.45) is 4.04. The number of hydrogen-bond acceptors (Lipinski definition) is 5. The van der Waals surface area contributed by atoms with E-state index in [-0.39, 0.29) is 21.1 Å². The number of para-hydroxylation sites is 5. The maximum atomic E-state index is 7.15.